The van der Waals surface area contributed by atoms with Crippen molar-refractivity contribution in [3.63, 3.8) is 0 Å². The Labute approximate surface area is 179 Å². The average Bonchev–Trinajstić information content (AvgIpc) is 2.77. The summed E-state index contributed by atoms with van der Waals surface area (Å²) in [6.45, 7) is 5.10. The lowest BCUT2D eigenvalue weighted by molar-refractivity contribution is -0.133. The van der Waals surface area contributed by atoms with Crippen LogP contribution in [0.15, 0.2) is 65.5 Å². The third-order valence-electron chi connectivity index (χ3n) is 4.78. The van der Waals surface area contributed by atoms with Crippen LogP contribution in [0.25, 0.3) is 11.3 Å². The fraction of sp³-hybridized carbons (Fsp3) is 0.217. The minimum atomic E-state index is -0.831. The summed E-state index contributed by atoms with van der Waals surface area (Å²) in [6.07, 6.45) is -0.831. The Morgan fingerprint density at radius 1 is 1.00 bits per heavy atom. The molecule has 0 radical (unpaired) electrons. The van der Waals surface area contributed by atoms with Crippen molar-refractivity contribution < 1.29 is 14.3 Å². The summed E-state index contributed by atoms with van der Waals surface area (Å²) in [5.74, 6) is -0.512. The van der Waals surface area contributed by atoms with Crippen molar-refractivity contribution >= 4 is 11.8 Å². The highest BCUT2D eigenvalue weighted by Gasteiger charge is 2.17. The predicted octanol–water partition coefficient (Wildman–Crippen LogP) is 2.14. The number of aryl methyl sites for hydroxylation is 1. The van der Waals surface area contributed by atoms with Crippen LogP contribution < -0.4 is 21.1 Å². The van der Waals surface area contributed by atoms with Crippen molar-refractivity contribution in [1.29, 1.82) is 0 Å². The summed E-state index contributed by atoms with van der Waals surface area (Å²) in [5, 5.41) is 4.22. The van der Waals surface area contributed by atoms with Gasteiger partial charge >= 0.3 is 0 Å². The Morgan fingerprint density at radius 3 is 2.48 bits per heavy atom. The number of nitrogens with one attached hydrogen (secondary N) is 2. The Bertz CT molecular complexity index is 1140. The maximum Gasteiger partial charge on any atom is 0.279 e. The lowest BCUT2D eigenvalue weighted by atomic mass is 10.1. The molecule has 2 N–H and O–H groups in total. The molecule has 3 rings (SSSR count). The van der Waals surface area contributed by atoms with E-state index in [1.165, 1.54) is 6.07 Å². The lowest BCUT2D eigenvalue weighted by Crippen LogP contribution is -2.48. The highest BCUT2D eigenvalue weighted by Crippen LogP contribution is 2.21. The maximum absolute atomic E-state index is 12.3. The number of nitrogens with zero attached hydrogens (tertiary/aromatic N) is 2. The van der Waals surface area contributed by atoms with Crippen molar-refractivity contribution in [2.75, 3.05) is 0 Å². The number of carbonyl (C=O) groups is 2. The second-order valence-electron chi connectivity index (χ2n) is 7.08. The van der Waals surface area contributed by atoms with E-state index >= 15 is 0 Å². The van der Waals surface area contributed by atoms with Crippen molar-refractivity contribution in [3.8, 4) is 17.0 Å². The molecular formula is C23H24N4O4. The van der Waals surface area contributed by atoms with Gasteiger partial charge < -0.3 is 4.74 Å². The number of hydrogen-bond donors (Lipinski definition) is 2. The van der Waals surface area contributed by atoms with Crippen LogP contribution in [0, 0.1) is 13.8 Å². The molecule has 31 heavy (non-hydrogen) atoms. The van der Waals surface area contributed by atoms with E-state index in [0.29, 0.717) is 11.4 Å². The molecule has 3 aromatic rings. The van der Waals surface area contributed by atoms with Crippen molar-refractivity contribution in [3.05, 3.63) is 82.1 Å². The summed E-state index contributed by atoms with van der Waals surface area (Å²) in [4.78, 5) is 36.6. The average molecular weight is 420 g/mol. The van der Waals surface area contributed by atoms with Gasteiger partial charge in [-0.2, -0.15) is 5.10 Å². The van der Waals surface area contributed by atoms with E-state index in [9.17, 15) is 14.4 Å². The smallest absolute Gasteiger partial charge is 0.279 e. The second-order valence-corrected chi connectivity index (χ2v) is 7.08. The van der Waals surface area contributed by atoms with Crippen molar-refractivity contribution in [2.24, 2.45) is 0 Å². The lowest BCUT2D eigenvalue weighted by Gasteiger charge is -2.17. The molecule has 0 saturated carbocycles. The zero-order chi connectivity index (χ0) is 22.4. The third-order valence-corrected chi connectivity index (χ3v) is 4.78. The van der Waals surface area contributed by atoms with Gasteiger partial charge in [-0.05, 0) is 44.0 Å². The Balaban J connectivity index is 1.58. The van der Waals surface area contributed by atoms with Gasteiger partial charge in [0, 0.05) is 11.6 Å². The van der Waals surface area contributed by atoms with E-state index in [0.717, 1.165) is 21.4 Å². The number of benzene rings is 2. The molecule has 0 aliphatic carbocycles. The number of ether oxygens (including phenoxy) is 1. The molecule has 1 unspecified atom stereocenters. The van der Waals surface area contributed by atoms with Crippen molar-refractivity contribution in [1.82, 2.24) is 20.6 Å². The molecule has 0 fully saturated rings. The molecule has 1 aromatic heterocycles. The number of hydrogen-bond acceptors (Lipinski definition) is 5. The number of hydrazine groups is 1. The predicted molar refractivity (Wildman–Crippen MR) is 116 cm³/mol. The zero-order valence-corrected chi connectivity index (χ0v) is 17.6. The van der Waals surface area contributed by atoms with Crippen molar-refractivity contribution in [2.45, 2.75) is 33.4 Å². The Morgan fingerprint density at radius 2 is 1.74 bits per heavy atom. The molecule has 8 nitrogen and oxygen atoms in total. The summed E-state index contributed by atoms with van der Waals surface area (Å²) in [5.41, 5.74) is 7.56. The van der Waals surface area contributed by atoms with Gasteiger partial charge in [-0.25, -0.2) is 4.68 Å². The van der Waals surface area contributed by atoms with E-state index < -0.39 is 23.5 Å². The fourth-order valence-corrected chi connectivity index (χ4v) is 2.83. The summed E-state index contributed by atoms with van der Waals surface area (Å²) >= 11 is 0. The molecule has 0 saturated heterocycles. The quantitative estimate of drug-likeness (QED) is 0.595. The van der Waals surface area contributed by atoms with Crippen LogP contribution >= 0.6 is 0 Å². The number of rotatable bonds is 6. The molecule has 0 aliphatic rings. The van der Waals surface area contributed by atoms with Gasteiger partial charge in [0.15, 0.2) is 6.10 Å². The minimum absolute atomic E-state index is 0.341. The van der Waals surface area contributed by atoms with Crippen LogP contribution in [0.5, 0.6) is 5.75 Å². The summed E-state index contributed by atoms with van der Waals surface area (Å²) < 4.78 is 6.73. The molecule has 2 amide bonds. The van der Waals surface area contributed by atoms with E-state index in [1.807, 2.05) is 56.3 Å². The van der Waals surface area contributed by atoms with E-state index in [2.05, 4.69) is 16.0 Å². The van der Waals surface area contributed by atoms with Gasteiger partial charge in [0.1, 0.15) is 12.3 Å². The highest BCUT2D eigenvalue weighted by molar-refractivity contribution is 5.84. The standard InChI is InChI=1S/C23H24N4O4/c1-15-8-7-11-20(16(15)2)31-17(3)23(30)25-24-21(28)14-27-22(29)13-12-19(26-27)18-9-5-4-6-10-18/h4-13,17H,14H2,1-3H3,(H,24,28)(H,25,30). The molecule has 0 bridgehead atoms. The van der Waals surface area contributed by atoms with Gasteiger partial charge in [0.25, 0.3) is 17.4 Å². The summed E-state index contributed by atoms with van der Waals surface area (Å²) in [6, 6.07) is 17.8. The Hall–Kier alpha value is -3.94. The molecule has 1 atom stereocenters. The van der Waals surface area contributed by atoms with Crippen LogP contribution in [0.3, 0.4) is 0 Å². The van der Waals surface area contributed by atoms with Gasteiger partial charge in [0.2, 0.25) is 0 Å². The van der Waals surface area contributed by atoms with Crippen LogP contribution in [-0.4, -0.2) is 27.7 Å². The Kier molecular flexibility index (Phi) is 6.81. The maximum atomic E-state index is 12.3. The minimum Gasteiger partial charge on any atom is -0.481 e. The van der Waals surface area contributed by atoms with Gasteiger partial charge in [-0.1, -0.05) is 42.5 Å². The van der Waals surface area contributed by atoms with Gasteiger partial charge in [-0.15, -0.1) is 0 Å². The molecule has 0 aliphatic heterocycles. The first-order chi connectivity index (χ1) is 14.8. The topological polar surface area (TPSA) is 102 Å². The summed E-state index contributed by atoms with van der Waals surface area (Å²) in [7, 11) is 0. The fourth-order valence-electron chi connectivity index (χ4n) is 2.83. The molecular weight excluding hydrogens is 396 g/mol. The first-order valence-electron chi connectivity index (χ1n) is 9.80. The van der Waals surface area contributed by atoms with Crippen LogP contribution in [0.1, 0.15) is 18.1 Å². The van der Waals surface area contributed by atoms with Gasteiger partial charge in [0.05, 0.1) is 5.69 Å². The normalized spacial score (nSPS) is 11.5. The third kappa shape index (κ3) is 5.57. The van der Waals surface area contributed by atoms with E-state index in [-0.39, 0.29) is 6.54 Å². The SMILES string of the molecule is Cc1cccc(OC(C)C(=O)NNC(=O)Cn2nc(-c3ccccc3)ccc2=O)c1C. The highest BCUT2D eigenvalue weighted by atomic mass is 16.5. The molecule has 8 heteroatoms. The van der Waals surface area contributed by atoms with Crippen LogP contribution in [-0.2, 0) is 16.1 Å². The first-order valence-corrected chi connectivity index (χ1v) is 9.80. The zero-order valence-electron chi connectivity index (χ0n) is 17.6. The van der Waals surface area contributed by atoms with Crippen LogP contribution in [0.2, 0.25) is 0 Å². The molecule has 0 spiro atoms. The second kappa shape index (κ2) is 9.71. The molecule has 2 aromatic carbocycles. The first kappa shape index (κ1) is 21.8. The number of amides is 2. The molecule has 160 valence electrons. The number of aromatic nitrogens is 2. The van der Waals surface area contributed by atoms with E-state index in [1.54, 1.807) is 19.1 Å². The monoisotopic (exact) mass is 420 g/mol. The van der Waals surface area contributed by atoms with Crippen LogP contribution in [0.4, 0.5) is 0 Å². The van der Waals surface area contributed by atoms with E-state index in [4.69, 9.17) is 4.74 Å². The number of carbonyl (C=O) groups excluding carboxylic acids is 2. The largest absolute Gasteiger partial charge is 0.481 e. The van der Waals surface area contributed by atoms with Gasteiger partial charge in [-0.3, -0.25) is 25.2 Å². The molecule has 1 heterocycles.